The van der Waals surface area contributed by atoms with Crippen molar-refractivity contribution < 1.29 is 40.3 Å². The number of ether oxygens (including phenoxy) is 1. The highest BCUT2D eigenvalue weighted by atomic mass is 19.4. The van der Waals surface area contributed by atoms with Crippen LogP contribution in [0.4, 0.5) is 42.1 Å². The van der Waals surface area contributed by atoms with Gasteiger partial charge in [0, 0.05) is 37.5 Å². The number of carbonyl (C=O) groups excluding carboxylic acids is 1. The standard InChI is InChI=1S/C26H23F7N4O2/c1-13-6-14(34)11-37(10-13)21-4-5-35-9-20(21)36-25(38)16-2-3-17(27)23(24(16)30)22-18(28)7-15(8-19(22)29)39-12-26(31,32)33/h2-5,7-9,13-14H,6,10-12,34H2,1H3,(H,36,38)/t13-,14+/m1/s1. The van der Waals surface area contributed by atoms with Gasteiger partial charge in [0.15, 0.2) is 6.61 Å². The maximum atomic E-state index is 15.4. The third-order valence-corrected chi connectivity index (χ3v) is 6.08. The molecule has 208 valence electrons. The average molecular weight is 556 g/mol. The maximum Gasteiger partial charge on any atom is 0.422 e. The molecule has 2 heterocycles. The first-order chi connectivity index (χ1) is 18.3. The molecule has 2 aromatic carbocycles. The summed E-state index contributed by atoms with van der Waals surface area (Å²) in [6.45, 7) is 1.32. The molecular weight excluding hydrogens is 533 g/mol. The molecule has 1 fully saturated rings. The van der Waals surface area contributed by atoms with Crippen LogP contribution >= 0.6 is 0 Å². The summed E-state index contributed by atoms with van der Waals surface area (Å²) in [5.41, 5.74) is 3.74. The van der Waals surface area contributed by atoms with Gasteiger partial charge < -0.3 is 20.7 Å². The zero-order chi connectivity index (χ0) is 28.5. The minimum Gasteiger partial charge on any atom is -0.484 e. The van der Waals surface area contributed by atoms with Gasteiger partial charge in [-0.3, -0.25) is 9.78 Å². The molecule has 0 aliphatic carbocycles. The van der Waals surface area contributed by atoms with Crippen LogP contribution in [0.5, 0.6) is 5.75 Å². The zero-order valence-corrected chi connectivity index (χ0v) is 20.5. The highest BCUT2D eigenvalue weighted by Gasteiger charge is 2.30. The number of rotatable bonds is 6. The predicted molar refractivity (Wildman–Crippen MR) is 129 cm³/mol. The molecule has 1 saturated heterocycles. The Balaban J connectivity index is 1.65. The van der Waals surface area contributed by atoms with Crippen LogP contribution in [-0.2, 0) is 0 Å². The minimum absolute atomic E-state index is 0.113. The van der Waals surface area contributed by atoms with E-state index in [4.69, 9.17) is 5.73 Å². The Morgan fingerprint density at radius 1 is 1.08 bits per heavy atom. The van der Waals surface area contributed by atoms with Gasteiger partial charge in [-0.25, -0.2) is 17.6 Å². The van der Waals surface area contributed by atoms with E-state index in [1.165, 1.54) is 12.4 Å². The van der Waals surface area contributed by atoms with Gasteiger partial charge in [0.25, 0.3) is 5.91 Å². The molecule has 6 nitrogen and oxygen atoms in total. The van der Waals surface area contributed by atoms with E-state index in [-0.39, 0.29) is 17.6 Å². The number of piperidine rings is 1. The molecule has 0 spiro atoms. The molecule has 3 aromatic rings. The molecule has 0 bridgehead atoms. The van der Waals surface area contributed by atoms with Crippen molar-refractivity contribution in [1.82, 2.24) is 4.98 Å². The lowest BCUT2D eigenvalue weighted by Crippen LogP contribution is -2.46. The van der Waals surface area contributed by atoms with E-state index in [0.717, 1.165) is 12.5 Å². The molecule has 1 aliphatic heterocycles. The van der Waals surface area contributed by atoms with E-state index in [9.17, 15) is 31.1 Å². The second-order valence-corrected chi connectivity index (χ2v) is 9.30. The van der Waals surface area contributed by atoms with E-state index in [1.807, 2.05) is 11.8 Å². The molecule has 1 aliphatic rings. The number of nitrogens with one attached hydrogen (secondary N) is 1. The summed E-state index contributed by atoms with van der Waals surface area (Å²) >= 11 is 0. The number of hydrogen-bond donors (Lipinski definition) is 2. The minimum atomic E-state index is -4.78. The molecule has 0 radical (unpaired) electrons. The summed E-state index contributed by atoms with van der Waals surface area (Å²) in [7, 11) is 0. The molecular formula is C26H23F7N4O2. The van der Waals surface area contributed by atoms with E-state index < -0.39 is 64.4 Å². The van der Waals surface area contributed by atoms with Gasteiger partial charge in [0.2, 0.25) is 0 Å². The number of aromatic nitrogens is 1. The number of carbonyl (C=O) groups is 1. The normalized spacial score (nSPS) is 17.7. The zero-order valence-electron chi connectivity index (χ0n) is 20.5. The van der Waals surface area contributed by atoms with Crippen molar-refractivity contribution in [3.63, 3.8) is 0 Å². The molecule has 1 amide bonds. The quantitative estimate of drug-likeness (QED) is 0.383. The average Bonchev–Trinajstić information content (AvgIpc) is 2.83. The fourth-order valence-electron chi connectivity index (χ4n) is 4.54. The summed E-state index contributed by atoms with van der Waals surface area (Å²) in [6.07, 6.45) is -1.13. The third kappa shape index (κ3) is 6.41. The lowest BCUT2D eigenvalue weighted by molar-refractivity contribution is -0.153. The molecule has 1 aromatic heterocycles. The van der Waals surface area contributed by atoms with E-state index >= 15 is 4.39 Å². The number of halogens is 7. The van der Waals surface area contributed by atoms with E-state index in [0.29, 0.717) is 37.0 Å². The number of amides is 1. The van der Waals surface area contributed by atoms with Crippen LogP contribution < -0.4 is 20.7 Å². The SMILES string of the molecule is C[C@@H]1C[C@H](N)CN(c2ccncc2NC(=O)c2ccc(F)c(-c3c(F)cc(OCC(F)(F)F)cc3F)c2F)C1. The first kappa shape index (κ1) is 28.1. The number of nitrogens with zero attached hydrogens (tertiary/aromatic N) is 2. The predicted octanol–water partition coefficient (Wildman–Crippen LogP) is 5.67. The van der Waals surface area contributed by atoms with Crippen LogP contribution in [0.15, 0.2) is 42.7 Å². The van der Waals surface area contributed by atoms with Gasteiger partial charge >= 0.3 is 6.18 Å². The highest BCUT2D eigenvalue weighted by Crippen LogP contribution is 2.36. The van der Waals surface area contributed by atoms with Gasteiger partial charge in [-0.05, 0) is 30.5 Å². The number of pyridine rings is 1. The second-order valence-electron chi connectivity index (χ2n) is 9.30. The molecule has 4 rings (SSSR count). The molecule has 0 saturated carbocycles. The Bertz CT molecular complexity index is 1350. The van der Waals surface area contributed by atoms with Crippen LogP contribution in [0, 0.1) is 29.2 Å². The van der Waals surface area contributed by atoms with Crippen molar-refractivity contribution in [3.8, 4) is 16.9 Å². The van der Waals surface area contributed by atoms with E-state index in [2.05, 4.69) is 15.0 Å². The third-order valence-electron chi connectivity index (χ3n) is 6.08. The summed E-state index contributed by atoms with van der Waals surface area (Å²) in [5, 5.41) is 2.50. The fourth-order valence-corrected chi connectivity index (χ4v) is 4.54. The topological polar surface area (TPSA) is 80.5 Å². The lowest BCUT2D eigenvalue weighted by Gasteiger charge is -2.37. The lowest BCUT2D eigenvalue weighted by atomic mass is 9.96. The maximum absolute atomic E-state index is 15.4. The first-order valence-electron chi connectivity index (χ1n) is 11.8. The van der Waals surface area contributed by atoms with Crippen molar-refractivity contribution in [2.45, 2.75) is 25.6 Å². The van der Waals surface area contributed by atoms with E-state index in [1.54, 1.807) is 6.07 Å². The Morgan fingerprint density at radius 2 is 1.77 bits per heavy atom. The fraction of sp³-hybridized carbons (Fsp3) is 0.308. The highest BCUT2D eigenvalue weighted by molar-refractivity contribution is 6.06. The molecule has 39 heavy (non-hydrogen) atoms. The van der Waals surface area contributed by atoms with Crippen molar-refractivity contribution in [2.24, 2.45) is 11.7 Å². The van der Waals surface area contributed by atoms with Crippen molar-refractivity contribution in [1.29, 1.82) is 0 Å². The Kier molecular flexibility index (Phi) is 8.00. The van der Waals surface area contributed by atoms with Crippen molar-refractivity contribution >= 4 is 17.3 Å². The number of alkyl halides is 3. The Hall–Kier alpha value is -3.87. The monoisotopic (exact) mass is 556 g/mol. The molecule has 0 unspecified atom stereocenters. The molecule has 2 atom stereocenters. The van der Waals surface area contributed by atoms with Crippen LogP contribution in [0.1, 0.15) is 23.7 Å². The van der Waals surface area contributed by atoms with Gasteiger partial charge in [-0.2, -0.15) is 13.2 Å². The van der Waals surface area contributed by atoms with Gasteiger partial charge in [-0.15, -0.1) is 0 Å². The van der Waals surface area contributed by atoms with Crippen LogP contribution in [0.25, 0.3) is 11.1 Å². The Morgan fingerprint density at radius 3 is 2.41 bits per heavy atom. The van der Waals surface area contributed by atoms with Gasteiger partial charge in [0.05, 0.1) is 34.3 Å². The summed E-state index contributed by atoms with van der Waals surface area (Å²) in [6, 6.07) is 3.70. The largest absolute Gasteiger partial charge is 0.484 e. The second kappa shape index (κ2) is 11.1. The van der Waals surface area contributed by atoms with Crippen molar-refractivity contribution in [2.75, 3.05) is 29.9 Å². The van der Waals surface area contributed by atoms with Gasteiger partial charge in [-0.1, -0.05) is 6.92 Å². The number of anilines is 2. The first-order valence-corrected chi connectivity index (χ1v) is 11.8. The summed E-state index contributed by atoms with van der Waals surface area (Å²) in [5.74, 6) is -7.78. The number of hydrogen-bond acceptors (Lipinski definition) is 5. The summed E-state index contributed by atoms with van der Waals surface area (Å²) < 4.78 is 101. The molecule has 3 N–H and O–H groups in total. The van der Waals surface area contributed by atoms with Crippen LogP contribution in [0.3, 0.4) is 0 Å². The smallest absolute Gasteiger partial charge is 0.422 e. The Labute approximate surface area is 218 Å². The molecule has 13 heteroatoms. The number of nitrogens with two attached hydrogens (primary N) is 1. The van der Waals surface area contributed by atoms with Crippen LogP contribution in [0.2, 0.25) is 0 Å². The summed E-state index contributed by atoms with van der Waals surface area (Å²) in [4.78, 5) is 19.0. The number of benzene rings is 2. The van der Waals surface area contributed by atoms with Gasteiger partial charge in [0.1, 0.15) is 29.0 Å². The van der Waals surface area contributed by atoms with Crippen LogP contribution in [-0.4, -0.2) is 42.8 Å². The van der Waals surface area contributed by atoms with Crippen molar-refractivity contribution in [3.05, 3.63) is 71.6 Å².